The van der Waals surface area contributed by atoms with Crippen molar-refractivity contribution < 1.29 is 9.18 Å². The van der Waals surface area contributed by atoms with Gasteiger partial charge in [0.25, 0.3) is 0 Å². The summed E-state index contributed by atoms with van der Waals surface area (Å²) in [6.07, 6.45) is 5.79. The van der Waals surface area contributed by atoms with Gasteiger partial charge in [0, 0.05) is 49.4 Å². The summed E-state index contributed by atoms with van der Waals surface area (Å²) in [7, 11) is 1.96. The number of halogens is 1. The Hall–Kier alpha value is -3.98. The van der Waals surface area contributed by atoms with Gasteiger partial charge in [-0.25, -0.2) is 14.2 Å². The van der Waals surface area contributed by atoms with E-state index in [0.29, 0.717) is 17.1 Å². The largest absolute Gasteiger partial charge is 0.398 e. The number of nitrogens with zero attached hydrogens (tertiary/aromatic N) is 4. The first-order valence-electron chi connectivity index (χ1n) is 10.6. The van der Waals surface area contributed by atoms with Crippen LogP contribution in [0.4, 0.5) is 9.18 Å². The van der Waals surface area contributed by atoms with Gasteiger partial charge in [-0.1, -0.05) is 24.3 Å². The molecule has 0 spiro atoms. The van der Waals surface area contributed by atoms with Crippen LogP contribution >= 0.6 is 0 Å². The summed E-state index contributed by atoms with van der Waals surface area (Å²) in [6, 6.07) is 12.5. The van der Waals surface area contributed by atoms with Gasteiger partial charge in [-0.2, -0.15) is 4.99 Å². The van der Waals surface area contributed by atoms with Gasteiger partial charge in [-0.3, -0.25) is 9.36 Å². The molecule has 1 aliphatic rings. The summed E-state index contributed by atoms with van der Waals surface area (Å²) >= 11 is 0. The molecular formula is C24H26FN7O. The number of carbonyl (C=O) groups excluding carboxylic acids is 1. The molecule has 9 heteroatoms. The molecule has 0 aliphatic carbocycles. The molecule has 0 radical (unpaired) electrons. The van der Waals surface area contributed by atoms with Crippen LogP contribution in [0, 0.1) is 5.82 Å². The lowest BCUT2D eigenvalue weighted by Crippen LogP contribution is -2.33. The Morgan fingerprint density at radius 1 is 1.18 bits per heavy atom. The second kappa shape index (κ2) is 9.25. The minimum Gasteiger partial charge on any atom is -0.398 e. The Balaban J connectivity index is 1.45. The van der Waals surface area contributed by atoms with Crippen molar-refractivity contribution in [1.29, 1.82) is 0 Å². The molecule has 1 aromatic heterocycles. The molecule has 1 aliphatic heterocycles. The number of aromatic nitrogens is 2. The van der Waals surface area contributed by atoms with Gasteiger partial charge >= 0.3 is 6.03 Å². The Kier molecular flexibility index (Phi) is 6.23. The van der Waals surface area contributed by atoms with E-state index in [9.17, 15) is 9.18 Å². The van der Waals surface area contributed by atoms with Gasteiger partial charge < -0.3 is 16.8 Å². The van der Waals surface area contributed by atoms with E-state index in [1.54, 1.807) is 25.3 Å². The molecule has 0 fully saturated rings. The predicted molar refractivity (Wildman–Crippen MR) is 128 cm³/mol. The van der Waals surface area contributed by atoms with E-state index in [0.717, 1.165) is 16.8 Å². The van der Waals surface area contributed by atoms with Crippen molar-refractivity contribution in [2.24, 2.45) is 28.5 Å². The molecule has 2 amide bonds. The van der Waals surface area contributed by atoms with Gasteiger partial charge in [0.15, 0.2) is 0 Å². The number of aliphatic imine (C=N–C) groups is 2. The monoisotopic (exact) mass is 447 g/mol. The van der Waals surface area contributed by atoms with Crippen LogP contribution in [0.15, 0.2) is 76.5 Å². The average Bonchev–Trinajstić information content (AvgIpc) is 2.78. The van der Waals surface area contributed by atoms with Gasteiger partial charge in [0.2, 0.25) is 0 Å². The number of hydrogen-bond acceptors (Lipinski definition) is 3. The third kappa shape index (κ3) is 4.93. The van der Waals surface area contributed by atoms with Crippen LogP contribution < -0.4 is 16.8 Å². The minimum absolute atomic E-state index is 0.284. The molecular weight excluding hydrogens is 421 g/mol. The zero-order chi connectivity index (χ0) is 23.5. The van der Waals surface area contributed by atoms with Crippen LogP contribution in [0.25, 0.3) is 11.4 Å². The first kappa shape index (κ1) is 22.2. The summed E-state index contributed by atoms with van der Waals surface area (Å²) in [6.45, 7) is 1.80. The number of nitrogens with one attached hydrogen (secondary N) is 1. The highest BCUT2D eigenvalue weighted by Crippen LogP contribution is 2.21. The van der Waals surface area contributed by atoms with Crippen LogP contribution in [0.1, 0.15) is 30.5 Å². The standard InChI is InChI=1S/C24H26FN7O/c1-15(16-3-7-18(25)8-4-16)29-24(33)30-22-13-21(26)20(14-28-22)23(27)17-5-9-19(10-6-17)32-12-11-31(32)2/h3-12,14-15,21H,13,26-27H2,1-2H3,(H,29,33)/b23-20-,30-22-/t15-,21?/m1/s1. The SMILES string of the molecule is C[C@@H](NC(=O)/N=C1/CC(N)/C(=C(\N)c2ccc(-n3ccn3C)cc2)C=N1)c1ccc(F)cc1. The number of aryl methyl sites for hydroxylation is 1. The first-order valence-corrected chi connectivity index (χ1v) is 10.6. The Morgan fingerprint density at radius 2 is 1.88 bits per heavy atom. The molecule has 3 aromatic rings. The Morgan fingerprint density at radius 3 is 2.45 bits per heavy atom. The van der Waals surface area contributed by atoms with Crippen LogP contribution in [0.2, 0.25) is 0 Å². The van der Waals surface area contributed by atoms with Crippen molar-refractivity contribution in [3.63, 3.8) is 0 Å². The minimum atomic E-state index is -0.535. The van der Waals surface area contributed by atoms with E-state index >= 15 is 0 Å². The fourth-order valence-corrected chi connectivity index (χ4v) is 3.61. The summed E-state index contributed by atoms with van der Waals surface area (Å²) in [5.41, 5.74) is 16.6. The van der Waals surface area contributed by atoms with Crippen molar-refractivity contribution >= 4 is 23.8 Å². The van der Waals surface area contributed by atoms with Crippen LogP contribution in [-0.4, -0.2) is 33.5 Å². The van der Waals surface area contributed by atoms with Gasteiger partial charge in [-0.05, 0) is 42.3 Å². The number of rotatable bonds is 4. The highest BCUT2D eigenvalue weighted by molar-refractivity contribution is 6.06. The quantitative estimate of drug-likeness (QED) is 0.570. The molecule has 33 heavy (non-hydrogen) atoms. The molecule has 0 saturated heterocycles. The molecule has 1 unspecified atom stereocenters. The molecule has 2 heterocycles. The summed E-state index contributed by atoms with van der Waals surface area (Å²) in [5, 5.41) is 2.75. The molecule has 5 N–H and O–H groups in total. The maximum Gasteiger partial charge on any atom is 0.343 e. The third-order valence-corrected chi connectivity index (χ3v) is 5.61. The highest BCUT2D eigenvalue weighted by Gasteiger charge is 2.21. The molecule has 2 atom stereocenters. The van der Waals surface area contributed by atoms with Crippen molar-refractivity contribution in [3.8, 4) is 5.69 Å². The zero-order valence-electron chi connectivity index (χ0n) is 18.4. The van der Waals surface area contributed by atoms with Crippen molar-refractivity contribution in [2.45, 2.75) is 25.4 Å². The topological polar surface area (TPSA) is 116 Å². The number of amides is 2. The maximum absolute atomic E-state index is 13.1. The lowest BCUT2D eigenvalue weighted by molar-refractivity contribution is 0.246. The van der Waals surface area contributed by atoms with Crippen LogP contribution in [0.5, 0.6) is 0 Å². The van der Waals surface area contributed by atoms with Gasteiger partial charge in [-0.15, -0.1) is 0 Å². The highest BCUT2D eigenvalue weighted by atomic mass is 19.1. The Bertz CT molecular complexity index is 1230. The molecule has 4 rings (SSSR count). The lowest BCUT2D eigenvalue weighted by Gasteiger charge is -2.21. The van der Waals surface area contributed by atoms with Crippen LogP contribution in [-0.2, 0) is 7.05 Å². The molecule has 170 valence electrons. The zero-order valence-corrected chi connectivity index (χ0v) is 18.4. The van der Waals surface area contributed by atoms with E-state index in [4.69, 9.17) is 11.5 Å². The van der Waals surface area contributed by atoms with Crippen molar-refractivity contribution in [1.82, 2.24) is 14.7 Å². The second-order valence-electron chi connectivity index (χ2n) is 7.95. The van der Waals surface area contributed by atoms with Gasteiger partial charge in [0.05, 0.1) is 11.7 Å². The summed E-state index contributed by atoms with van der Waals surface area (Å²) in [4.78, 5) is 20.6. The summed E-state index contributed by atoms with van der Waals surface area (Å²) < 4.78 is 17.1. The van der Waals surface area contributed by atoms with Crippen LogP contribution in [0.3, 0.4) is 0 Å². The van der Waals surface area contributed by atoms with E-state index in [-0.39, 0.29) is 18.3 Å². The normalized spacial score (nSPS) is 19.5. The van der Waals surface area contributed by atoms with E-state index in [1.807, 2.05) is 53.1 Å². The second-order valence-corrected chi connectivity index (χ2v) is 7.95. The predicted octanol–water partition coefficient (Wildman–Crippen LogP) is 3.30. The van der Waals surface area contributed by atoms with E-state index in [1.165, 1.54) is 12.1 Å². The molecule has 0 saturated carbocycles. The van der Waals surface area contributed by atoms with E-state index in [2.05, 4.69) is 15.3 Å². The number of benzene rings is 2. The van der Waals surface area contributed by atoms with Gasteiger partial charge in [0.1, 0.15) is 11.7 Å². The smallest absolute Gasteiger partial charge is 0.343 e. The number of nitrogens with two attached hydrogens (primary N) is 2. The lowest BCUT2D eigenvalue weighted by atomic mass is 9.97. The van der Waals surface area contributed by atoms with Crippen molar-refractivity contribution in [2.75, 3.05) is 0 Å². The number of urea groups is 1. The number of hydrogen-bond donors (Lipinski definition) is 3. The van der Waals surface area contributed by atoms with Crippen molar-refractivity contribution in [3.05, 3.63) is 83.4 Å². The fourth-order valence-electron chi connectivity index (χ4n) is 3.61. The maximum atomic E-state index is 13.1. The third-order valence-electron chi connectivity index (χ3n) is 5.61. The molecule has 8 nitrogen and oxygen atoms in total. The molecule has 2 aromatic carbocycles. The molecule has 0 bridgehead atoms. The summed E-state index contributed by atoms with van der Waals surface area (Å²) in [5.74, 6) is -0.00571. The number of carbonyl (C=O) groups is 1. The Labute approximate surface area is 191 Å². The first-order chi connectivity index (χ1) is 15.8. The fraction of sp³-hybridized carbons (Fsp3) is 0.208. The average molecular weight is 448 g/mol. The number of amidine groups is 1. The van der Waals surface area contributed by atoms with E-state index < -0.39 is 12.1 Å².